The Balaban J connectivity index is 2.17. The third kappa shape index (κ3) is 4.48. The number of hydrogen-bond donors (Lipinski definition) is 3. The maximum Gasteiger partial charge on any atom is 0.306 e. The van der Waals surface area contributed by atoms with Crippen LogP contribution in [0.2, 0.25) is 0 Å². The Labute approximate surface area is 184 Å². The van der Waals surface area contributed by atoms with Gasteiger partial charge in [0, 0.05) is 19.0 Å². The second kappa shape index (κ2) is 9.58. The number of nitrogens with zero attached hydrogens (tertiary/aromatic N) is 1. The summed E-state index contributed by atoms with van der Waals surface area (Å²) >= 11 is 0. The van der Waals surface area contributed by atoms with Gasteiger partial charge in [0.2, 0.25) is 0 Å². The SMILES string of the molecule is CCOC(=O)CC(c1cc(N)c(N(C)N)c(OC)c1)c1ccc(C)c2c1CCC2NC. The molecule has 7 nitrogen and oxygen atoms in total. The molecule has 5 N–H and O–H groups in total. The van der Waals surface area contributed by atoms with Gasteiger partial charge in [-0.2, -0.15) is 0 Å². The van der Waals surface area contributed by atoms with E-state index < -0.39 is 0 Å². The van der Waals surface area contributed by atoms with Crippen LogP contribution in [0.15, 0.2) is 24.3 Å². The molecule has 0 amide bonds. The lowest BCUT2D eigenvalue weighted by molar-refractivity contribution is -0.143. The summed E-state index contributed by atoms with van der Waals surface area (Å²) in [4.78, 5) is 12.6. The quantitative estimate of drug-likeness (QED) is 0.258. The van der Waals surface area contributed by atoms with Crippen molar-refractivity contribution in [3.8, 4) is 5.75 Å². The molecule has 7 heteroatoms. The molecule has 2 aromatic rings. The fourth-order valence-electron chi connectivity index (χ4n) is 4.79. The number of rotatable bonds is 8. The Kier molecular flexibility index (Phi) is 7.08. The van der Waals surface area contributed by atoms with Crippen LogP contribution in [0, 0.1) is 6.92 Å². The van der Waals surface area contributed by atoms with Crippen LogP contribution >= 0.6 is 0 Å². The Morgan fingerprint density at radius 3 is 2.71 bits per heavy atom. The summed E-state index contributed by atoms with van der Waals surface area (Å²) < 4.78 is 10.9. The lowest BCUT2D eigenvalue weighted by atomic mass is 9.83. The van der Waals surface area contributed by atoms with Gasteiger partial charge in [0.1, 0.15) is 11.4 Å². The van der Waals surface area contributed by atoms with Crippen LogP contribution in [-0.4, -0.2) is 33.8 Å². The van der Waals surface area contributed by atoms with Crippen LogP contribution in [0.5, 0.6) is 5.75 Å². The van der Waals surface area contributed by atoms with Crippen molar-refractivity contribution in [1.82, 2.24) is 5.32 Å². The number of aryl methyl sites for hydroxylation is 1. The van der Waals surface area contributed by atoms with Crippen molar-refractivity contribution in [2.75, 3.05) is 38.6 Å². The highest BCUT2D eigenvalue weighted by Gasteiger charge is 2.30. The number of hydrazine groups is 1. The predicted molar refractivity (Wildman–Crippen MR) is 124 cm³/mol. The molecule has 0 aliphatic heterocycles. The Morgan fingerprint density at radius 2 is 2.10 bits per heavy atom. The van der Waals surface area contributed by atoms with Gasteiger partial charge in [-0.1, -0.05) is 12.1 Å². The van der Waals surface area contributed by atoms with E-state index in [0.29, 0.717) is 29.8 Å². The summed E-state index contributed by atoms with van der Waals surface area (Å²) in [5.41, 5.74) is 13.4. The molecule has 2 aromatic carbocycles. The molecule has 0 saturated carbocycles. The van der Waals surface area contributed by atoms with E-state index >= 15 is 0 Å². The molecule has 0 heterocycles. The molecule has 31 heavy (non-hydrogen) atoms. The average Bonchev–Trinajstić information content (AvgIpc) is 3.17. The molecule has 0 saturated heterocycles. The molecule has 0 radical (unpaired) electrons. The lowest BCUT2D eigenvalue weighted by Crippen LogP contribution is -2.27. The number of esters is 1. The van der Waals surface area contributed by atoms with Crippen LogP contribution in [0.3, 0.4) is 0 Å². The molecule has 0 spiro atoms. The minimum atomic E-state index is -0.234. The minimum Gasteiger partial charge on any atom is -0.494 e. The fourth-order valence-corrected chi connectivity index (χ4v) is 4.79. The van der Waals surface area contributed by atoms with Crippen molar-refractivity contribution in [2.45, 2.75) is 45.1 Å². The summed E-state index contributed by atoms with van der Waals surface area (Å²) in [6.07, 6.45) is 2.24. The van der Waals surface area contributed by atoms with E-state index in [9.17, 15) is 4.79 Å². The molecule has 0 aromatic heterocycles. The topological polar surface area (TPSA) is 103 Å². The zero-order chi connectivity index (χ0) is 22.7. The van der Waals surface area contributed by atoms with Crippen LogP contribution in [0.4, 0.5) is 11.4 Å². The molecule has 2 unspecified atom stereocenters. The minimum absolute atomic E-state index is 0.197. The first-order valence-electron chi connectivity index (χ1n) is 10.7. The van der Waals surface area contributed by atoms with Crippen molar-refractivity contribution >= 4 is 17.3 Å². The Morgan fingerprint density at radius 1 is 1.35 bits per heavy atom. The molecule has 1 aliphatic carbocycles. The summed E-state index contributed by atoms with van der Waals surface area (Å²) in [6, 6.07) is 8.43. The van der Waals surface area contributed by atoms with Gasteiger partial charge in [-0.15, -0.1) is 0 Å². The number of methoxy groups -OCH3 is 1. The van der Waals surface area contributed by atoms with E-state index in [1.54, 1.807) is 14.2 Å². The molecule has 3 rings (SSSR count). The first-order valence-corrected chi connectivity index (χ1v) is 10.7. The van der Waals surface area contributed by atoms with Crippen molar-refractivity contribution in [3.63, 3.8) is 0 Å². The number of ether oxygens (including phenoxy) is 2. The van der Waals surface area contributed by atoms with E-state index in [1.165, 1.54) is 21.7 Å². The smallest absolute Gasteiger partial charge is 0.306 e. The van der Waals surface area contributed by atoms with E-state index in [1.807, 2.05) is 26.1 Å². The number of hydrogen-bond acceptors (Lipinski definition) is 7. The van der Waals surface area contributed by atoms with Gasteiger partial charge in [-0.25, -0.2) is 5.84 Å². The van der Waals surface area contributed by atoms with E-state index in [-0.39, 0.29) is 18.3 Å². The van der Waals surface area contributed by atoms with Gasteiger partial charge in [0.15, 0.2) is 0 Å². The summed E-state index contributed by atoms with van der Waals surface area (Å²) in [7, 11) is 5.30. The van der Waals surface area contributed by atoms with Crippen LogP contribution in [-0.2, 0) is 16.0 Å². The zero-order valence-electron chi connectivity index (χ0n) is 19.1. The average molecular weight is 427 g/mol. The largest absolute Gasteiger partial charge is 0.494 e. The molecule has 0 fully saturated rings. The second-order valence-corrected chi connectivity index (χ2v) is 8.08. The molecule has 168 valence electrons. The molecular formula is C24H34N4O3. The van der Waals surface area contributed by atoms with Gasteiger partial charge in [-0.3, -0.25) is 4.79 Å². The highest BCUT2D eigenvalue weighted by molar-refractivity contribution is 5.77. The Bertz CT molecular complexity index is 958. The monoisotopic (exact) mass is 426 g/mol. The van der Waals surface area contributed by atoms with E-state index in [4.69, 9.17) is 21.1 Å². The van der Waals surface area contributed by atoms with Gasteiger partial charge in [0.05, 0.1) is 25.8 Å². The highest BCUT2D eigenvalue weighted by atomic mass is 16.5. The van der Waals surface area contributed by atoms with Crippen molar-refractivity contribution < 1.29 is 14.3 Å². The van der Waals surface area contributed by atoms with Gasteiger partial charge < -0.3 is 25.5 Å². The first-order chi connectivity index (χ1) is 14.8. The number of nitrogens with two attached hydrogens (primary N) is 2. The highest BCUT2D eigenvalue weighted by Crippen LogP contribution is 2.44. The molecule has 2 atom stereocenters. The van der Waals surface area contributed by atoms with Crippen LogP contribution in [0.1, 0.15) is 59.5 Å². The second-order valence-electron chi connectivity index (χ2n) is 8.08. The number of benzene rings is 2. The van der Waals surface area contributed by atoms with Gasteiger partial charge in [-0.05, 0) is 73.7 Å². The van der Waals surface area contributed by atoms with Crippen LogP contribution in [0.25, 0.3) is 0 Å². The number of nitrogen functional groups attached to an aromatic ring is 1. The summed E-state index contributed by atoms with van der Waals surface area (Å²) in [5.74, 6) is 6.11. The fraction of sp³-hybridized carbons (Fsp3) is 0.458. The van der Waals surface area contributed by atoms with Crippen LogP contribution < -0.4 is 26.6 Å². The first kappa shape index (κ1) is 22.9. The van der Waals surface area contributed by atoms with Gasteiger partial charge in [0.25, 0.3) is 0 Å². The zero-order valence-corrected chi connectivity index (χ0v) is 19.1. The molecule has 0 bridgehead atoms. The van der Waals surface area contributed by atoms with E-state index in [0.717, 1.165) is 24.0 Å². The summed E-state index contributed by atoms with van der Waals surface area (Å²) in [5, 5.41) is 4.87. The normalized spacial score (nSPS) is 16.0. The van der Waals surface area contributed by atoms with Gasteiger partial charge >= 0.3 is 5.97 Å². The summed E-state index contributed by atoms with van der Waals surface area (Å²) in [6.45, 7) is 4.31. The van der Waals surface area contributed by atoms with Crippen molar-refractivity contribution in [1.29, 1.82) is 0 Å². The molecular weight excluding hydrogens is 392 g/mol. The number of carbonyl (C=O) groups excluding carboxylic acids is 1. The molecule has 1 aliphatic rings. The predicted octanol–water partition coefficient (Wildman–Crippen LogP) is 3.19. The number of anilines is 2. The third-order valence-corrected chi connectivity index (χ3v) is 6.14. The van der Waals surface area contributed by atoms with E-state index in [2.05, 4.69) is 24.4 Å². The number of fused-ring (bicyclic) bond motifs is 1. The maximum absolute atomic E-state index is 12.6. The maximum atomic E-state index is 12.6. The Hall–Kier alpha value is -2.77. The van der Waals surface area contributed by atoms with Crippen molar-refractivity contribution in [2.24, 2.45) is 5.84 Å². The third-order valence-electron chi connectivity index (χ3n) is 6.14. The standard InChI is InChI=1S/C24H34N4O3/c1-6-31-22(29)13-18(15-11-19(25)24(28(4)26)21(12-15)30-5)16-8-7-14(2)23-17(16)9-10-20(23)27-3/h7-8,11-12,18,20,27H,6,9-10,13,25-26H2,1-5H3. The van der Waals surface area contributed by atoms with Crippen molar-refractivity contribution in [3.05, 3.63) is 52.1 Å². The lowest BCUT2D eigenvalue weighted by Gasteiger charge is -2.25. The number of carbonyl (C=O) groups is 1. The number of nitrogens with one attached hydrogen (secondary N) is 1.